The molecule has 0 radical (unpaired) electrons. The van der Waals surface area contributed by atoms with Crippen LogP contribution in [0.1, 0.15) is 33.2 Å². The zero-order valence-electron chi connectivity index (χ0n) is 10.9. The number of hydrogen-bond acceptors (Lipinski definition) is 2. The summed E-state index contributed by atoms with van der Waals surface area (Å²) in [5, 5.41) is 3.54. The Kier molecular flexibility index (Phi) is 3.79. The van der Waals surface area contributed by atoms with Crippen molar-refractivity contribution in [2.45, 2.75) is 39.3 Å². The molecule has 1 aromatic carbocycles. The molecule has 0 amide bonds. The Hall–Kier alpha value is -1.35. The van der Waals surface area contributed by atoms with Crippen molar-refractivity contribution in [1.82, 2.24) is 14.9 Å². The molecule has 0 saturated heterocycles. The smallest absolute Gasteiger partial charge is 0.0961 e. The zero-order chi connectivity index (χ0) is 12.3. The van der Waals surface area contributed by atoms with Gasteiger partial charge in [-0.15, -0.1) is 0 Å². The number of imidazole rings is 1. The monoisotopic (exact) mass is 231 g/mol. The maximum absolute atomic E-state index is 4.45. The lowest BCUT2D eigenvalue weighted by Gasteiger charge is -2.25. The van der Waals surface area contributed by atoms with E-state index in [1.807, 2.05) is 12.4 Å². The molecule has 0 bridgehead atoms. The molecule has 2 atom stereocenters. The average Bonchev–Trinajstić information content (AvgIpc) is 2.79. The molecule has 0 aliphatic rings. The fourth-order valence-electron chi connectivity index (χ4n) is 2.41. The van der Waals surface area contributed by atoms with Crippen molar-refractivity contribution in [3.05, 3.63) is 30.6 Å². The summed E-state index contributed by atoms with van der Waals surface area (Å²) in [6, 6.07) is 9.22. The molecule has 1 heterocycles. The average molecular weight is 231 g/mol. The molecular formula is C14H21N3. The highest BCUT2D eigenvalue weighted by molar-refractivity contribution is 5.75. The van der Waals surface area contributed by atoms with Crippen LogP contribution in [0.4, 0.5) is 0 Å². The first-order chi connectivity index (χ1) is 8.27. The van der Waals surface area contributed by atoms with Crippen molar-refractivity contribution < 1.29 is 0 Å². The summed E-state index contributed by atoms with van der Waals surface area (Å²) >= 11 is 0. The number of likely N-dealkylation sites (N-methyl/N-ethyl adjacent to an activating group) is 1. The standard InChI is InChI=1S/C14H21N3/c1-4-12(15-5-2)11(3)17-10-16-13-8-6-7-9-14(13)17/h6-12,15H,4-5H2,1-3H3. The van der Waals surface area contributed by atoms with Gasteiger partial charge in [0.15, 0.2) is 0 Å². The van der Waals surface area contributed by atoms with Crippen LogP contribution in [0.5, 0.6) is 0 Å². The molecule has 3 nitrogen and oxygen atoms in total. The second-order valence-electron chi connectivity index (χ2n) is 4.45. The normalized spacial score (nSPS) is 15.0. The molecular weight excluding hydrogens is 210 g/mol. The molecule has 1 aromatic heterocycles. The van der Waals surface area contributed by atoms with Gasteiger partial charge < -0.3 is 9.88 Å². The Labute approximate surface area is 103 Å². The fraction of sp³-hybridized carbons (Fsp3) is 0.500. The Morgan fingerprint density at radius 3 is 2.76 bits per heavy atom. The summed E-state index contributed by atoms with van der Waals surface area (Å²) in [4.78, 5) is 4.45. The van der Waals surface area contributed by atoms with E-state index in [1.165, 1.54) is 5.52 Å². The number of aromatic nitrogens is 2. The van der Waals surface area contributed by atoms with Gasteiger partial charge in [-0.2, -0.15) is 0 Å². The molecule has 0 saturated carbocycles. The van der Waals surface area contributed by atoms with E-state index in [-0.39, 0.29) is 0 Å². The molecule has 2 aromatic rings. The zero-order valence-corrected chi connectivity index (χ0v) is 10.9. The van der Waals surface area contributed by atoms with Crippen molar-refractivity contribution >= 4 is 11.0 Å². The van der Waals surface area contributed by atoms with Crippen LogP contribution in [-0.2, 0) is 0 Å². The number of rotatable bonds is 5. The third-order valence-corrected chi connectivity index (χ3v) is 3.41. The van der Waals surface area contributed by atoms with Crippen LogP contribution in [0.15, 0.2) is 30.6 Å². The summed E-state index contributed by atoms with van der Waals surface area (Å²) in [5.74, 6) is 0. The number of fused-ring (bicyclic) bond motifs is 1. The van der Waals surface area contributed by atoms with Gasteiger partial charge in [-0.1, -0.05) is 26.0 Å². The second kappa shape index (κ2) is 5.32. The van der Waals surface area contributed by atoms with Crippen LogP contribution in [-0.4, -0.2) is 22.1 Å². The van der Waals surface area contributed by atoms with Crippen molar-refractivity contribution in [3.8, 4) is 0 Å². The Bertz CT molecular complexity index is 475. The molecule has 1 N–H and O–H groups in total. The number of para-hydroxylation sites is 2. The quantitative estimate of drug-likeness (QED) is 0.857. The van der Waals surface area contributed by atoms with E-state index in [0.717, 1.165) is 18.5 Å². The van der Waals surface area contributed by atoms with Crippen LogP contribution >= 0.6 is 0 Å². The maximum atomic E-state index is 4.45. The molecule has 17 heavy (non-hydrogen) atoms. The van der Waals surface area contributed by atoms with Crippen molar-refractivity contribution in [2.75, 3.05) is 6.54 Å². The highest BCUT2D eigenvalue weighted by Gasteiger charge is 2.17. The summed E-state index contributed by atoms with van der Waals surface area (Å²) in [6.45, 7) is 7.64. The molecule has 0 aliphatic heterocycles. The van der Waals surface area contributed by atoms with Crippen LogP contribution in [0.25, 0.3) is 11.0 Å². The van der Waals surface area contributed by atoms with Gasteiger partial charge in [0.25, 0.3) is 0 Å². The van der Waals surface area contributed by atoms with E-state index >= 15 is 0 Å². The molecule has 2 unspecified atom stereocenters. The molecule has 0 fully saturated rings. The molecule has 0 aliphatic carbocycles. The maximum Gasteiger partial charge on any atom is 0.0961 e. The van der Waals surface area contributed by atoms with Gasteiger partial charge in [-0.3, -0.25) is 0 Å². The predicted molar refractivity (Wildman–Crippen MR) is 72.2 cm³/mol. The fourth-order valence-corrected chi connectivity index (χ4v) is 2.41. The summed E-state index contributed by atoms with van der Waals surface area (Å²) in [7, 11) is 0. The lowest BCUT2D eigenvalue weighted by molar-refractivity contribution is 0.373. The Balaban J connectivity index is 2.32. The van der Waals surface area contributed by atoms with Gasteiger partial charge in [0.05, 0.1) is 17.4 Å². The van der Waals surface area contributed by atoms with E-state index in [0.29, 0.717) is 12.1 Å². The minimum absolute atomic E-state index is 0.423. The molecule has 2 rings (SSSR count). The molecule has 3 heteroatoms. The van der Waals surface area contributed by atoms with Crippen LogP contribution in [0.2, 0.25) is 0 Å². The third kappa shape index (κ3) is 2.34. The summed E-state index contributed by atoms with van der Waals surface area (Å²) in [6.07, 6.45) is 3.08. The Morgan fingerprint density at radius 2 is 2.06 bits per heavy atom. The first-order valence-electron chi connectivity index (χ1n) is 6.42. The van der Waals surface area contributed by atoms with Gasteiger partial charge in [0, 0.05) is 12.1 Å². The number of hydrogen-bond donors (Lipinski definition) is 1. The second-order valence-corrected chi connectivity index (χ2v) is 4.45. The topological polar surface area (TPSA) is 29.9 Å². The van der Waals surface area contributed by atoms with Gasteiger partial charge in [-0.25, -0.2) is 4.98 Å². The predicted octanol–water partition coefficient (Wildman–Crippen LogP) is 2.99. The first-order valence-corrected chi connectivity index (χ1v) is 6.42. The largest absolute Gasteiger partial charge is 0.326 e. The lowest BCUT2D eigenvalue weighted by Crippen LogP contribution is -2.35. The SMILES string of the molecule is CCNC(CC)C(C)n1cnc2ccccc21. The van der Waals surface area contributed by atoms with Gasteiger partial charge >= 0.3 is 0 Å². The van der Waals surface area contributed by atoms with Crippen LogP contribution < -0.4 is 5.32 Å². The van der Waals surface area contributed by atoms with Crippen LogP contribution in [0, 0.1) is 0 Å². The van der Waals surface area contributed by atoms with Gasteiger partial charge in [0.2, 0.25) is 0 Å². The van der Waals surface area contributed by atoms with Crippen molar-refractivity contribution in [3.63, 3.8) is 0 Å². The van der Waals surface area contributed by atoms with E-state index in [9.17, 15) is 0 Å². The van der Waals surface area contributed by atoms with E-state index < -0.39 is 0 Å². The summed E-state index contributed by atoms with van der Waals surface area (Å²) in [5.41, 5.74) is 2.29. The van der Waals surface area contributed by atoms with Gasteiger partial charge in [0.1, 0.15) is 0 Å². The number of nitrogens with zero attached hydrogens (tertiary/aromatic N) is 2. The molecule has 0 spiro atoms. The van der Waals surface area contributed by atoms with Gasteiger partial charge in [-0.05, 0) is 32.0 Å². The highest BCUT2D eigenvalue weighted by Crippen LogP contribution is 2.20. The van der Waals surface area contributed by atoms with E-state index in [4.69, 9.17) is 0 Å². The number of nitrogens with one attached hydrogen (secondary N) is 1. The first kappa shape index (κ1) is 12.1. The van der Waals surface area contributed by atoms with Crippen molar-refractivity contribution in [1.29, 1.82) is 0 Å². The van der Waals surface area contributed by atoms with E-state index in [2.05, 4.69) is 53.8 Å². The lowest BCUT2D eigenvalue weighted by atomic mass is 10.1. The number of benzene rings is 1. The third-order valence-electron chi connectivity index (χ3n) is 3.41. The summed E-state index contributed by atoms with van der Waals surface area (Å²) < 4.78 is 2.27. The minimum Gasteiger partial charge on any atom is -0.326 e. The Morgan fingerprint density at radius 1 is 1.29 bits per heavy atom. The molecule has 92 valence electrons. The highest BCUT2D eigenvalue weighted by atomic mass is 15.1. The minimum atomic E-state index is 0.423. The van der Waals surface area contributed by atoms with Crippen molar-refractivity contribution in [2.24, 2.45) is 0 Å². The van der Waals surface area contributed by atoms with Crippen LogP contribution in [0.3, 0.4) is 0 Å². The van der Waals surface area contributed by atoms with E-state index in [1.54, 1.807) is 0 Å².